The minimum atomic E-state index is -3.64. The topological polar surface area (TPSA) is 52.6 Å². The second-order valence-corrected chi connectivity index (χ2v) is 10.5. The molecule has 0 radical (unpaired) electrons. The molecule has 7 heteroatoms. The zero-order valence-corrected chi connectivity index (χ0v) is 14.9. The predicted molar refractivity (Wildman–Crippen MR) is 71.2 cm³/mol. The van der Waals surface area contributed by atoms with Crippen LogP contribution in [0.5, 0.6) is 0 Å². The maximum absolute atomic E-state index is 12.0. The van der Waals surface area contributed by atoms with E-state index < -0.39 is 10.1 Å². The quantitative estimate of drug-likeness (QED) is 0.391. The van der Waals surface area contributed by atoms with Gasteiger partial charge in [-0.3, -0.25) is 0 Å². The second-order valence-electron chi connectivity index (χ2n) is 4.55. The van der Waals surface area contributed by atoms with Gasteiger partial charge in [-0.2, -0.15) is 0 Å². The van der Waals surface area contributed by atoms with Crippen molar-refractivity contribution < 1.29 is 34.6 Å². The van der Waals surface area contributed by atoms with Gasteiger partial charge in [0.2, 0.25) is 0 Å². The van der Waals surface area contributed by atoms with Crippen molar-refractivity contribution in [2.75, 3.05) is 19.8 Å². The Kier molecular flexibility index (Phi) is 4.90. The molecular formula is C11H13I2O4S-. The zero-order valence-electron chi connectivity index (χ0n) is 9.73. The molecule has 4 nitrogen and oxygen atoms in total. The van der Waals surface area contributed by atoms with Gasteiger partial charge in [-0.25, -0.2) is 0 Å². The third kappa shape index (κ3) is 3.56. The van der Waals surface area contributed by atoms with E-state index in [0.717, 1.165) is 0 Å². The summed E-state index contributed by atoms with van der Waals surface area (Å²) in [6, 6.07) is 6.93. The first-order chi connectivity index (χ1) is 8.45. The van der Waals surface area contributed by atoms with Crippen LogP contribution in [0.4, 0.5) is 0 Å². The molecule has 0 saturated carbocycles. The average molecular weight is 495 g/mol. The van der Waals surface area contributed by atoms with Crippen LogP contribution in [0.15, 0.2) is 29.2 Å². The molecule has 1 aromatic rings. The van der Waals surface area contributed by atoms with Crippen molar-refractivity contribution in [1.82, 2.24) is 0 Å². The van der Waals surface area contributed by atoms with E-state index in [1.54, 1.807) is 12.1 Å². The van der Waals surface area contributed by atoms with Crippen LogP contribution in [0.3, 0.4) is 0 Å². The SMILES string of the molecule is CC1(COS(=O)(=O)c2ccc([I-]I)cc2)COC1. The summed E-state index contributed by atoms with van der Waals surface area (Å²) >= 11 is 2.30. The first-order valence-corrected chi connectivity index (χ1v) is 14.1. The van der Waals surface area contributed by atoms with Gasteiger partial charge in [0.15, 0.2) is 0 Å². The first-order valence-electron chi connectivity index (χ1n) is 5.28. The standard InChI is InChI=1S/C11H13I2O4S/c1-11(6-16-7-11)8-17-18(14,15)10-4-2-9(13-12)3-5-10/h2-5H,6-8H2,1H3/q-1. The molecule has 1 fully saturated rings. The molecule has 0 unspecified atom stereocenters. The van der Waals surface area contributed by atoms with Crippen LogP contribution in [0.2, 0.25) is 0 Å². The fourth-order valence-corrected chi connectivity index (χ4v) is 4.97. The van der Waals surface area contributed by atoms with Crippen LogP contribution in [0.1, 0.15) is 6.92 Å². The van der Waals surface area contributed by atoms with Crippen molar-refractivity contribution in [3.05, 3.63) is 27.8 Å². The number of ether oxygens (including phenoxy) is 1. The van der Waals surface area contributed by atoms with Crippen molar-refractivity contribution in [3.63, 3.8) is 0 Å². The Labute approximate surface area is 127 Å². The normalized spacial score (nSPS) is 18.6. The van der Waals surface area contributed by atoms with E-state index in [1.807, 2.05) is 19.1 Å². The summed E-state index contributed by atoms with van der Waals surface area (Å²) in [5, 5.41) is 0. The third-order valence-electron chi connectivity index (χ3n) is 2.65. The maximum atomic E-state index is 12.0. The monoisotopic (exact) mass is 495 g/mol. The zero-order chi connectivity index (χ0) is 13.2. The molecule has 1 saturated heterocycles. The van der Waals surface area contributed by atoms with Gasteiger partial charge < -0.3 is 0 Å². The van der Waals surface area contributed by atoms with Gasteiger partial charge in [-0.1, -0.05) is 0 Å². The molecule has 0 aromatic heterocycles. The molecular weight excluding hydrogens is 482 g/mol. The molecule has 0 amide bonds. The number of benzene rings is 1. The first kappa shape index (κ1) is 14.9. The molecule has 1 aliphatic rings. The summed E-state index contributed by atoms with van der Waals surface area (Å²) in [5.74, 6) is 0. The van der Waals surface area contributed by atoms with Gasteiger partial charge in [-0.15, -0.1) is 0 Å². The van der Waals surface area contributed by atoms with Crippen molar-refractivity contribution in [2.24, 2.45) is 5.41 Å². The molecule has 0 N–H and O–H groups in total. The molecule has 0 atom stereocenters. The molecule has 0 aliphatic carbocycles. The number of hydrogen-bond donors (Lipinski definition) is 0. The number of rotatable bonds is 5. The molecule has 1 aliphatic heterocycles. The van der Waals surface area contributed by atoms with Gasteiger partial charge in [-0.05, 0) is 0 Å². The van der Waals surface area contributed by atoms with E-state index in [2.05, 4.69) is 18.6 Å². The van der Waals surface area contributed by atoms with Crippen LogP contribution < -0.4 is 17.2 Å². The van der Waals surface area contributed by atoms with Gasteiger partial charge in [0.1, 0.15) is 0 Å². The van der Waals surface area contributed by atoms with E-state index in [-0.39, 0.29) is 34.1 Å². The fraction of sp³-hybridized carbons (Fsp3) is 0.455. The van der Waals surface area contributed by atoms with Crippen LogP contribution >= 0.6 is 18.6 Å². The Hall–Kier alpha value is 0.550. The summed E-state index contributed by atoms with van der Waals surface area (Å²) in [4.78, 5) is 0.226. The Morgan fingerprint density at radius 1 is 1.39 bits per heavy atom. The molecule has 0 spiro atoms. The number of halogens is 2. The summed E-state index contributed by atoms with van der Waals surface area (Å²) in [7, 11) is -3.64. The van der Waals surface area contributed by atoms with E-state index in [1.165, 1.54) is 3.57 Å². The summed E-state index contributed by atoms with van der Waals surface area (Å²) in [6.07, 6.45) is 0. The van der Waals surface area contributed by atoms with Crippen LogP contribution in [0.25, 0.3) is 0 Å². The molecule has 1 aromatic carbocycles. The molecule has 102 valence electrons. The van der Waals surface area contributed by atoms with E-state index in [9.17, 15) is 8.42 Å². The summed E-state index contributed by atoms with van der Waals surface area (Å²) in [6.45, 7) is 3.24. The Bertz CT molecular complexity index is 508. The van der Waals surface area contributed by atoms with E-state index >= 15 is 0 Å². The Morgan fingerprint density at radius 3 is 2.44 bits per heavy atom. The van der Waals surface area contributed by atoms with Gasteiger partial charge >= 0.3 is 128 Å². The van der Waals surface area contributed by atoms with Crippen molar-refractivity contribution in [2.45, 2.75) is 11.8 Å². The van der Waals surface area contributed by atoms with Crippen LogP contribution in [0, 0.1) is 8.99 Å². The average Bonchev–Trinajstić information content (AvgIpc) is 2.34. The number of hydrogen-bond acceptors (Lipinski definition) is 4. The van der Waals surface area contributed by atoms with Crippen molar-refractivity contribution in [1.29, 1.82) is 0 Å². The Balaban J connectivity index is 2.05. The van der Waals surface area contributed by atoms with Crippen LogP contribution in [-0.2, 0) is 19.0 Å². The van der Waals surface area contributed by atoms with Gasteiger partial charge in [0.05, 0.1) is 0 Å². The molecule has 1 heterocycles. The molecule has 0 bridgehead atoms. The second kappa shape index (κ2) is 5.90. The minimum absolute atomic E-state index is 0.0432. The molecule has 2 rings (SSSR count). The van der Waals surface area contributed by atoms with Gasteiger partial charge in [0.25, 0.3) is 0 Å². The predicted octanol–water partition coefficient (Wildman–Crippen LogP) is -0.963. The Morgan fingerprint density at radius 2 is 2.00 bits per heavy atom. The van der Waals surface area contributed by atoms with Crippen molar-refractivity contribution >= 4 is 28.7 Å². The van der Waals surface area contributed by atoms with Gasteiger partial charge in [0, 0.05) is 0 Å². The van der Waals surface area contributed by atoms with E-state index in [0.29, 0.717) is 13.2 Å². The van der Waals surface area contributed by atoms with E-state index in [4.69, 9.17) is 8.92 Å². The summed E-state index contributed by atoms with van der Waals surface area (Å²) in [5.41, 5.74) is -0.166. The van der Waals surface area contributed by atoms with Crippen molar-refractivity contribution in [3.8, 4) is 0 Å². The fourth-order valence-electron chi connectivity index (χ4n) is 1.47. The summed E-state index contributed by atoms with van der Waals surface area (Å²) < 4.78 is 35.3. The molecule has 18 heavy (non-hydrogen) atoms. The van der Waals surface area contributed by atoms with Crippen LogP contribution in [-0.4, -0.2) is 28.2 Å². The third-order valence-corrected chi connectivity index (χ3v) is 8.27.